The quantitative estimate of drug-likeness (QED) is 0.0222. The van der Waals surface area contributed by atoms with E-state index >= 15 is 0 Å². The number of phosphoric ester groups is 2. The average Bonchev–Trinajstić information content (AvgIpc) is 3.69. The van der Waals surface area contributed by atoms with Crippen molar-refractivity contribution in [2.45, 2.75) is 362 Å². The zero-order valence-corrected chi connectivity index (χ0v) is 58.1. The molecule has 0 saturated carbocycles. The Morgan fingerprint density at radius 3 is 0.874 bits per heavy atom. The van der Waals surface area contributed by atoms with Gasteiger partial charge in [0.15, 0.2) is 12.2 Å². The van der Waals surface area contributed by atoms with Gasteiger partial charge in [-0.15, -0.1) is 0 Å². The minimum atomic E-state index is -4.95. The van der Waals surface area contributed by atoms with Crippen LogP contribution in [0.4, 0.5) is 0 Å². The molecule has 3 N–H and O–H groups in total. The predicted molar refractivity (Wildman–Crippen MR) is 349 cm³/mol. The molecule has 0 saturated heterocycles. The van der Waals surface area contributed by atoms with Crippen LogP contribution >= 0.6 is 15.6 Å². The Balaban J connectivity index is 5.07. The molecule has 0 amide bonds. The Morgan fingerprint density at radius 2 is 0.586 bits per heavy atom. The van der Waals surface area contributed by atoms with E-state index in [9.17, 15) is 43.2 Å². The van der Waals surface area contributed by atoms with Gasteiger partial charge in [0.2, 0.25) is 0 Å². The van der Waals surface area contributed by atoms with Gasteiger partial charge >= 0.3 is 39.5 Å². The van der Waals surface area contributed by atoms with Crippen LogP contribution in [-0.2, 0) is 65.4 Å². The smallest absolute Gasteiger partial charge is 0.462 e. The largest absolute Gasteiger partial charge is 0.472 e. The van der Waals surface area contributed by atoms with Crippen molar-refractivity contribution in [2.75, 3.05) is 39.6 Å². The molecule has 0 bridgehead atoms. The Morgan fingerprint density at radius 1 is 0.333 bits per heavy atom. The predicted octanol–water partition coefficient (Wildman–Crippen LogP) is 19.2. The van der Waals surface area contributed by atoms with E-state index in [4.69, 9.17) is 37.0 Å². The number of hydrogen-bond acceptors (Lipinski definition) is 15. The lowest BCUT2D eigenvalue weighted by molar-refractivity contribution is -0.161. The van der Waals surface area contributed by atoms with Crippen molar-refractivity contribution in [2.24, 2.45) is 11.8 Å². The van der Waals surface area contributed by atoms with Crippen molar-refractivity contribution >= 4 is 39.5 Å². The fourth-order valence-corrected chi connectivity index (χ4v) is 11.8. The first-order chi connectivity index (χ1) is 41.9. The molecule has 87 heavy (non-hydrogen) atoms. The molecule has 0 aliphatic heterocycles. The van der Waals surface area contributed by atoms with Gasteiger partial charge in [0, 0.05) is 25.7 Å². The summed E-state index contributed by atoms with van der Waals surface area (Å²) in [5.74, 6) is -0.586. The second-order valence-corrected chi connectivity index (χ2v) is 28.2. The molecule has 0 aliphatic carbocycles. The summed E-state index contributed by atoms with van der Waals surface area (Å²) in [6.07, 6.45) is 44.9. The third kappa shape index (κ3) is 61.3. The Kier molecular flexibility index (Phi) is 59.0. The number of unbranched alkanes of at least 4 members (excludes halogenated alkanes) is 36. The lowest BCUT2D eigenvalue weighted by atomic mass is 9.99. The normalized spacial score (nSPS) is 14.5. The number of hydrogen-bond donors (Lipinski definition) is 3. The van der Waals surface area contributed by atoms with Gasteiger partial charge < -0.3 is 33.8 Å². The lowest BCUT2D eigenvalue weighted by Gasteiger charge is -2.21. The number of rotatable bonds is 67. The van der Waals surface area contributed by atoms with Gasteiger partial charge in [-0.25, -0.2) is 9.13 Å². The summed E-state index contributed by atoms with van der Waals surface area (Å²) in [5.41, 5.74) is 0. The van der Waals surface area contributed by atoms with Crippen LogP contribution in [0, 0.1) is 11.8 Å². The first kappa shape index (κ1) is 85.1. The second kappa shape index (κ2) is 60.3. The minimum Gasteiger partial charge on any atom is -0.462 e. The lowest BCUT2D eigenvalue weighted by Crippen LogP contribution is -2.30. The summed E-state index contributed by atoms with van der Waals surface area (Å²) in [6.45, 7) is 9.45. The number of esters is 4. The van der Waals surface area contributed by atoms with E-state index in [0.717, 1.165) is 115 Å². The van der Waals surface area contributed by atoms with Gasteiger partial charge in [-0.1, -0.05) is 292 Å². The van der Waals surface area contributed by atoms with E-state index < -0.39 is 97.5 Å². The molecule has 0 aliphatic rings. The van der Waals surface area contributed by atoms with E-state index in [1.165, 1.54) is 141 Å². The number of carbonyl (C=O) groups excluding carboxylic acids is 4. The molecular weight excluding hydrogens is 1150 g/mol. The fourth-order valence-electron chi connectivity index (χ4n) is 10.2. The minimum absolute atomic E-state index is 0.105. The molecular formula is C68H132O17P2. The van der Waals surface area contributed by atoms with Crippen LogP contribution in [-0.4, -0.2) is 96.7 Å². The number of ether oxygens (including phenoxy) is 4. The summed E-state index contributed by atoms with van der Waals surface area (Å²) in [4.78, 5) is 72.1. The summed E-state index contributed by atoms with van der Waals surface area (Å²) >= 11 is 0. The van der Waals surface area contributed by atoms with E-state index in [1.54, 1.807) is 0 Å². The maximum atomic E-state index is 13.0. The summed E-state index contributed by atoms with van der Waals surface area (Å²) in [6, 6.07) is 0. The van der Waals surface area contributed by atoms with Gasteiger partial charge in [0.25, 0.3) is 0 Å². The zero-order valence-electron chi connectivity index (χ0n) is 56.3. The Hall–Kier alpha value is -1.94. The maximum Gasteiger partial charge on any atom is 0.472 e. The maximum absolute atomic E-state index is 13.0. The topological polar surface area (TPSA) is 237 Å². The molecule has 516 valence electrons. The SMILES string of the molecule is CCCCCCCCCCCC(=O)O[C@H](COC(=O)CCCCCCCCC)COP(=O)(O)OC[C@H](O)COP(=O)(O)OC[C@@H](COC(=O)CCCCCCCCC(C)C)OC(=O)CCCCCCCCCCCCCCCCCCCCC(C)CC. The van der Waals surface area contributed by atoms with Gasteiger partial charge in [-0.05, 0) is 37.5 Å². The molecule has 0 aromatic rings. The molecule has 0 heterocycles. The number of aliphatic hydroxyl groups excluding tert-OH is 1. The van der Waals surface area contributed by atoms with Crippen LogP contribution < -0.4 is 0 Å². The molecule has 3 unspecified atom stereocenters. The standard InChI is InChI=1S/C68H132O17P2/c1-7-10-12-14-16-27-32-40-46-52-67(72)84-63(56-78-65(70)50-44-38-30-15-13-11-8-2)58-82-86(74,75)80-54-62(69)55-81-87(76,77)83-59-64(57-79-66(71)51-45-39-35-34-36-42-48-60(4)5)85-68(73)53-47-41-33-29-26-24-22-20-18-17-19-21-23-25-28-31-37-43-49-61(6)9-3/h60-64,69H,7-59H2,1-6H3,(H,74,75)(H,76,77)/t61?,62-,63+,64+/m0/s1. The fraction of sp³-hybridized carbons (Fsp3) is 0.941. The molecule has 0 spiro atoms. The summed E-state index contributed by atoms with van der Waals surface area (Å²) in [5, 5.41) is 10.5. The average molecular weight is 1280 g/mol. The van der Waals surface area contributed by atoms with E-state index in [2.05, 4.69) is 41.5 Å². The third-order valence-corrected chi connectivity index (χ3v) is 18.0. The highest BCUT2D eigenvalue weighted by atomic mass is 31.2. The Labute approximate surface area is 530 Å². The van der Waals surface area contributed by atoms with Crippen LogP contribution in [0.15, 0.2) is 0 Å². The summed E-state index contributed by atoms with van der Waals surface area (Å²) in [7, 11) is -9.88. The van der Waals surface area contributed by atoms with Crippen molar-refractivity contribution in [3.8, 4) is 0 Å². The number of aliphatic hydroxyl groups is 1. The monoisotopic (exact) mass is 1280 g/mol. The van der Waals surface area contributed by atoms with Gasteiger partial charge in [0.05, 0.1) is 26.4 Å². The van der Waals surface area contributed by atoms with Crippen LogP contribution in [0.3, 0.4) is 0 Å². The van der Waals surface area contributed by atoms with E-state index in [-0.39, 0.29) is 25.7 Å². The first-order valence-electron chi connectivity index (χ1n) is 35.5. The van der Waals surface area contributed by atoms with Crippen molar-refractivity contribution in [1.29, 1.82) is 0 Å². The van der Waals surface area contributed by atoms with Crippen molar-refractivity contribution < 1.29 is 80.2 Å². The highest BCUT2D eigenvalue weighted by Gasteiger charge is 2.30. The van der Waals surface area contributed by atoms with Crippen LogP contribution in [0.2, 0.25) is 0 Å². The molecule has 19 heteroatoms. The molecule has 0 rings (SSSR count). The highest BCUT2D eigenvalue weighted by Crippen LogP contribution is 2.45. The van der Waals surface area contributed by atoms with Gasteiger partial charge in [-0.2, -0.15) is 0 Å². The van der Waals surface area contributed by atoms with Crippen LogP contribution in [0.25, 0.3) is 0 Å². The van der Waals surface area contributed by atoms with E-state index in [1.807, 2.05) is 0 Å². The third-order valence-electron chi connectivity index (χ3n) is 16.1. The molecule has 0 fully saturated rings. The summed E-state index contributed by atoms with van der Waals surface area (Å²) < 4.78 is 67.9. The molecule has 17 nitrogen and oxygen atoms in total. The Bertz CT molecular complexity index is 1700. The van der Waals surface area contributed by atoms with Crippen molar-refractivity contribution in [3.05, 3.63) is 0 Å². The van der Waals surface area contributed by atoms with Crippen LogP contribution in [0.5, 0.6) is 0 Å². The van der Waals surface area contributed by atoms with Gasteiger partial charge in [0.1, 0.15) is 19.3 Å². The highest BCUT2D eigenvalue weighted by molar-refractivity contribution is 7.47. The zero-order chi connectivity index (χ0) is 64.3. The van der Waals surface area contributed by atoms with E-state index in [0.29, 0.717) is 31.6 Å². The van der Waals surface area contributed by atoms with Crippen molar-refractivity contribution in [3.63, 3.8) is 0 Å². The molecule has 0 radical (unpaired) electrons. The first-order valence-corrected chi connectivity index (χ1v) is 38.5. The van der Waals surface area contributed by atoms with Crippen LogP contribution in [0.1, 0.15) is 343 Å². The molecule has 0 aromatic heterocycles. The van der Waals surface area contributed by atoms with Crippen molar-refractivity contribution in [1.82, 2.24) is 0 Å². The molecule has 0 aromatic carbocycles. The number of carbonyl (C=O) groups is 4. The second-order valence-electron chi connectivity index (χ2n) is 25.3. The van der Waals surface area contributed by atoms with Gasteiger partial charge in [-0.3, -0.25) is 37.3 Å². The molecule has 6 atom stereocenters. The number of phosphoric acid groups is 2.